The molecule has 2 N–H and O–H groups in total. The summed E-state index contributed by atoms with van der Waals surface area (Å²) in [6.45, 7) is 6.47. The smallest absolute Gasteiger partial charge is 0.243 e. The summed E-state index contributed by atoms with van der Waals surface area (Å²) >= 11 is 1.29. The SMILES string of the molecule is COc1ccc2nc(NC(=O)C(CC3CCCC3)c3ccc(S(=O)(=O)N4CC(NC(=O)CC(C)(C)C)C4)cc3)sc2n1. The molecular formula is C30H39N5O5S2. The molecule has 0 spiro atoms. The van der Waals surface area contributed by atoms with Crippen molar-refractivity contribution in [3.8, 4) is 5.88 Å². The minimum Gasteiger partial charge on any atom is -0.481 e. The van der Waals surface area contributed by atoms with Crippen LogP contribution in [0.15, 0.2) is 41.3 Å². The molecule has 1 atom stereocenters. The van der Waals surface area contributed by atoms with Crippen LogP contribution in [0.3, 0.4) is 0 Å². The van der Waals surface area contributed by atoms with E-state index in [2.05, 4.69) is 20.6 Å². The molecule has 0 bridgehead atoms. The predicted octanol–water partition coefficient (Wildman–Crippen LogP) is 4.93. The molecule has 1 aliphatic carbocycles. The maximum Gasteiger partial charge on any atom is 0.243 e. The second-order valence-corrected chi connectivity index (χ2v) is 15.4. The van der Waals surface area contributed by atoms with Crippen molar-refractivity contribution < 1.29 is 22.7 Å². The number of benzene rings is 1. The van der Waals surface area contributed by atoms with Gasteiger partial charge in [-0.1, -0.05) is 69.9 Å². The molecule has 3 heterocycles. The summed E-state index contributed by atoms with van der Waals surface area (Å²) in [5.74, 6) is 0.252. The lowest BCUT2D eigenvalue weighted by molar-refractivity contribution is -0.124. The van der Waals surface area contributed by atoms with Gasteiger partial charge in [-0.25, -0.2) is 18.4 Å². The van der Waals surface area contributed by atoms with Gasteiger partial charge in [-0.2, -0.15) is 4.31 Å². The molecule has 2 aliphatic rings. The van der Waals surface area contributed by atoms with Gasteiger partial charge in [0.1, 0.15) is 10.3 Å². The Balaban J connectivity index is 1.27. The average Bonchev–Trinajstić information content (AvgIpc) is 3.56. The lowest BCUT2D eigenvalue weighted by Gasteiger charge is -2.38. The van der Waals surface area contributed by atoms with Crippen molar-refractivity contribution in [2.45, 2.75) is 76.2 Å². The van der Waals surface area contributed by atoms with Crippen LogP contribution >= 0.6 is 11.3 Å². The highest BCUT2D eigenvalue weighted by Crippen LogP contribution is 2.36. The van der Waals surface area contributed by atoms with Crippen molar-refractivity contribution in [1.29, 1.82) is 0 Å². The highest BCUT2D eigenvalue weighted by Gasteiger charge is 2.38. The number of nitrogens with zero attached hydrogens (tertiary/aromatic N) is 3. The van der Waals surface area contributed by atoms with Gasteiger partial charge in [0, 0.05) is 25.6 Å². The molecule has 1 aliphatic heterocycles. The molecule has 3 aromatic rings. The molecule has 42 heavy (non-hydrogen) atoms. The van der Waals surface area contributed by atoms with Crippen molar-refractivity contribution in [3.63, 3.8) is 0 Å². The monoisotopic (exact) mass is 613 g/mol. The number of hydrogen-bond acceptors (Lipinski definition) is 8. The minimum atomic E-state index is -3.70. The van der Waals surface area contributed by atoms with E-state index < -0.39 is 15.9 Å². The molecule has 1 saturated heterocycles. The minimum absolute atomic E-state index is 0.0673. The highest BCUT2D eigenvalue weighted by atomic mass is 32.2. The molecule has 2 fully saturated rings. The first-order chi connectivity index (χ1) is 19.9. The molecular weight excluding hydrogens is 574 g/mol. The first-order valence-corrected chi connectivity index (χ1v) is 16.7. The Labute approximate surface area is 251 Å². The number of methoxy groups -OCH3 is 1. The Bertz CT molecular complexity index is 1540. The number of ether oxygens (including phenoxy) is 1. The third-order valence-electron chi connectivity index (χ3n) is 7.85. The molecule has 5 rings (SSSR count). The number of nitrogens with one attached hydrogen (secondary N) is 2. The van der Waals surface area contributed by atoms with Crippen LogP contribution in [0.4, 0.5) is 5.13 Å². The van der Waals surface area contributed by atoms with E-state index >= 15 is 0 Å². The Morgan fingerprint density at radius 2 is 1.76 bits per heavy atom. The second-order valence-electron chi connectivity index (χ2n) is 12.5. The Hall–Kier alpha value is -3.09. The molecule has 1 unspecified atom stereocenters. The van der Waals surface area contributed by atoms with Crippen LogP contribution in [0.2, 0.25) is 0 Å². The summed E-state index contributed by atoms with van der Waals surface area (Å²) < 4.78 is 33.1. The van der Waals surface area contributed by atoms with Gasteiger partial charge in [0.2, 0.25) is 27.7 Å². The number of thiazole rings is 1. The number of sulfonamides is 1. The lowest BCUT2D eigenvalue weighted by atomic mass is 9.87. The number of pyridine rings is 1. The average molecular weight is 614 g/mol. The number of hydrogen-bond donors (Lipinski definition) is 2. The zero-order valence-electron chi connectivity index (χ0n) is 24.6. The number of carbonyl (C=O) groups is 2. The van der Waals surface area contributed by atoms with Crippen LogP contribution in [-0.2, 0) is 19.6 Å². The highest BCUT2D eigenvalue weighted by molar-refractivity contribution is 7.89. The largest absolute Gasteiger partial charge is 0.481 e. The number of carbonyl (C=O) groups excluding carboxylic acids is 2. The zero-order valence-corrected chi connectivity index (χ0v) is 26.2. The van der Waals surface area contributed by atoms with Crippen LogP contribution in [-0.4, -0.2) is 60.7 Å². The predicted molar refractivity (Wildman–Crippen MR) is 163 cm³/mol. The molecule has 226 valence electrons. The Morgan fingerprint density at radius 3 is 2.40 bits per heavy atom. The second kappa shape index (κ2) is 12.3. The number of anilines is 1. The van der Waals surface area contributed by atoms with E-state index in [4.69, 9.17) is 4.74 Å². The fourth-order valence-electron chi connectivity index (χ4n) is 5.64. The number of aromatic nitrogens is 2. The van der Waals surface area contributed by atoms with E-state index in [1.807, 2.05) is 26.8 Å². The molecule has 0 radical (unpaired) electrons. The van der Waals surface area contributed by atoms with Gasteiger partial charge in [-0.15, -0.1) is 0 Å². The standard InChI is InChI=1S/C30H39N5O5S2/c1-30(2,3)16-25(36)31-21-17-35(18-21)42(38,39)22-11-9-20(10-12-22)23(15-19-7-5-6-8-19)27(37)34-29-32-24-13-14-26(40-4)33-28(24)41-29/h9-14,19,21,23H,5-8,15-18H2,1-4H3,(H,31,36)(H,32,34,37). The van der Waals surface area contributed by atoms with E-state index in [1.165, 1.54) is 15.6 Å². The Morgan fingerprint density at radius 1 is 1.07 bits per heavy atom. The van der Waals surface area contributed by atoms with Crippen molar-refractivity contribution in [3.05, 3.63) is 42.0 Å². The van der Waals surface area contributed by atoms with Gasteiger partial charge in [0.05, 0.1) is 24.0 Å². The summed E-state index contributed by atoms with van der Waals surface area (Å²) in [6.07, 6.45) is 5.58. The van der Waals surface area contributed by atoms with Gasteiger partial charge >= 0.3 is 0 Å². The van der Waals surface area contributed by atoms with Gasteiger partial charge < -0.3 is 15.4 Å². The Kier molecular flexibility index (Phi) is 8.86. The summed E-state index contributed by atoms with van der Waals surface area (Å²) in [7, 11) is -2.15. The van der Waals surface area contributed by atoms with Gasteiger partial charge in [0.25, 0.3) is 0 Å². The van der Waals surface area contributed by atoms with E-state index in [9.17, 15) is 18.0 Å². The third kappa shape index (κ3) is 7.09. The summed E-state index contributed by atoms with van der Waals surface area (Å²) in [6, 6.07) is 10.0. The maximum absolute atomic E-state index is 13.6. The summed E-state index contributed by atoms with van der Waals surface area (Å²) in [5.41, 5.74) is 1.32. The van der Waals surface area contributed by atoms with Crippen molar-refractivity contribution in [2.24, 2.45) is 11.3 Å². The van der Waals surface area contributed by atoms with Gasteiger partial charge in [-0.05, 0) is 41.5 Å². The number of rotatable bonds is 10. The molecule has 12 heteroatoms. The topological polar surface area (TPSA) is 131 Å². The van der Waals surface area contributed by atoms with Gasteiger partial charge in [-0.3, -0.25) is 9.59 Å². The summed E-state index contributed by atoms with van der Waals surface area (Å²) in [4.78, 5) is 35.6. The van der Waals surface area contributed by atoms with Crippen molar-refractivity contribution in [1.82, 2.24) is 19.6 Å². The van der Waals surface area contributed by atoms with Crippen LogP contribution in [0, 0.1) is 11.3 Å². The zero-order chi connectivity index (χ0) is 30.1. The molecule has 1 aromatic carbocycles. The van der Waals surface area contributed by atoms with Crippen LogP contribution in [0.25, 0.3) is 10.3 Å². The lowest BCUT2D eigenvalue weighted by Crippen LogP contribution is -2.60. The van der Waals surface area contributed by atoms with E-state index in [1.54, 1.807) is 37.4 Å². The van der Waals surface area contributed by atoms with Crippen LogP contribution in [0.5, 0.6) is 5.88 Å². The first kappa shape index (κ1) is 30.4. The normalized spacial score (nSPS) is 17.6. The quantitative estimate of drug-likeness (QED) is 0.332. The molecule has 2 aromatic heterocycles. The van der Waals surface area contributed by atoms with E-state index in [0.717, 1.165) is 31.2 Å². The van der Waals surface area contributed by atoms with E-state index in [0.29, 0.717) is 40.1 Å². The van der Waals surface area contributed by atoms with E-state index in [-0.39, 0.29) is 41.3 Å². The third-order valence-corrected chi connectivity index (χ3v) is 10.6. The fourth-order valence-corrected chi connectivity index (χ4v) is 8.00. The van der Waals surface area contributed by atoms with Crippen molar-refractivity contribution in [2.75, 3.05) is 25.5 Å². The summed E-state index contributed by atoms with van der Waals surface area (Å²) in [5, 5.41) is 6.38. The van der Waals surface area contributed by atoms with Crippen LogP contribution < -0.4 is 15.4 Å². The number of amides is 2. The molecule has 10 nitrogen and oxygen atoms in total. The molecule has 1 saturated carbocycles. The van der Waals surface area contributed by atoms with Crippen molar-refractivity contribution >= 4 is 48.7 Å². The first-order valence-electron chi connectivity index (χ1n) is 14.4. The fraction of sp³-hybridized carbons (Fsp3) is 0.533. The van der Waals surface area contributed by atoms with Gasteiger partial charge in [0.15, 0.2) is 5.13 Å². The molecule has 2 amide bonds. The van der Waals surface area contributed by atoms with Crippen LogP contribution in [0.1, 0.15) is 70.8 Å². The number of fused-ring (bicyclic) bond motifs is 1. The maximum atomic E-state index is 13.6.